The Labute approximate surface area is 98.7 Å². The highest BCUT2D eigenvalue weighted by Crippen LogP contribution is 2.37. The van der Waals surface area contributed by atoms with E-state index in [1.54, 1.807) is 11.3 Å². The largest absolute Gasteiger partial charge is 0.480 e. The van der Waals surface area contributed by atoms with Gasteiger partial charge in [0, 0.05) is 18.0 Å². The summed E-state index contributed by atoms with van der Waals surface area (Å²) >= 11 is 1.80. The molecule has 2 heterocycles. The summed E-state index contributed by atoms with van der Waals surface area (Å²) in [6.45, 7) is 1.73. The summed E-state index contributed by atoms with van der Waals surface area (Å²) in [5.41, 5.74) is 1.34. The second-order valence-electron chi connectivity index (χ2n) is 4.71. The minimum absolute atomic E-state index is 0.243. The Morgan fingerprint density at radius 1 is 1.56 bits per heavy atom. The zero-order valence-electron chi connectivity index (χ0n) is 9.06. The molecule has 0 bridgehead atoms. The molecule has 1 aromatic heterocycles. The lowest BCUT2D eigenvalue weighted by atomic mass is 10.0. The van der Waals surface area contributed by atoms with Crippen molar-refractivity contribution < 1.29 is 9.90 Å². The summed E-state index contributed by atoms with van der Waals surface area (Å²) in [5.74, 6) is -0.237. The first kappa shape index (κ1) is 10.3. The lowest BCUT2D eigenvalue weighted by molar-refractivity contribution is -0.144. The van der Waals surface area contributed by atoms with Gasteiger partial charge in [0.2, 0.25) is 0 Å². The molecule has 86 valence electrons. The van der Waals surface area contributed by atoms with Gasteiger partial charge in [-0.15, -0.1) is 11.3 Å². The molecule has 0 aromatic carbocycles. The van der Waals surface area contributed by atoms with Gasteiger partial charge in [-0.1, -0.05) is 0 Å². The summed E-state index contributed by atoms with van der Waals surface area (Å²) in [6, 6.07) is 1.89. The van der Waals surface area contributed by atoms with Gasteiger partial charge in [0.05, 0.1) is 0 Å². The van der Waals surface area contributed by atoms with Crippen LogP contribution in [0.25, 0.3) is 0 Å². The van der Waals surface area contributed by atoms with Crippen LogP contribution in [-0.4, -0.2) is 28.6 Å². The van der Waals surface area contributed by atoms with Crippen LogP contribution in [-0.2, 0) is 17.8 Å². The van der Waals surface area contributed by atoms with Crippen molar-refractivity contribution in [2.75, 3.05) is 6.54 Å². The summed E-state index contributed by atoms with van der Waals surface area (Å²) in [4.78, 5) is 14.9. The van der Waals surface area contributed by atoms with E-state index in [2.05, 4.69) is 16.3 Å². The molecular formula is C12H15NO2S. The molecule has 1 aliphatic carbocycles. The summed E-state index contributed by atoms with van der Waals surface area (Å²) in [5, 5.41) is 11.4. The van der Waals surface area contributed by atoms with E-state index in [0.717, 1.165) is 32.4 Å². The Morgan fingerprint density at radius 3 is 3.06 bits per heavy atom. The molecule has 0 radical (unpaired) electrons. The van der Waals surface area contributed by atoms with Crippen molar-refractivity contribution in [2.24, 2.45) is 5.92 Å². The minimum Gasteiger partial charge on any atom is -0.480 e. The van der Waals surface area contributed by atoms with Crippen molar-refractivity contribution in [2.45, 2.75) is 31.8 Å². The highest BCUT2D eigenvalue weighted by Gasteiger charge is 2.41. The number of carboxylic acid groups (broad SMARTS) is 1. The monoisotopic (exact) mass is 237 g/mol. The van der Waals surface area contributed by atoms with Crippen LogP contribution >= 0.6 is 11.3 Å². The van der Waals surface area contributed by atoms with Crippen molar-refractivity contribution in [3.8, 4) is 0 Å². The molecule has 0 amide bonds. The van der Waals surface area contributed by atoms with Crippen molar-refractivity contribution >= 4 is 17.3 Å². The highest BCUT2D eigenvalue weighted by atomic mass is 32.1. The summed E-state index contributed by atoms with van der Waals surface area (Å²) in [6.07, 6.45) is 3.19. The molecule has 2 aliphatic rings. The first-order valence-corrected chi connectivity index (χ1v) is 6.66. The lowest BCUT2D eigenvalue weighted by Gasteiger charge is -2.32. The Morgan fingerprint density at radius 2 is 2.38 bits per heavy atom. The van der Waals surface area contributed by atoms with Gasteiger partial charge < -0.3 is 5.11 Å². The fourth-order valence-electron chi connectivity index (χ4n) is 2.58. The molecule has 1 atom stereocenters. The quantitative estimate of drug-likeness (QED) is 0.873. The van der Waals surface area contributed by atoms with Gasteiger partial charge in [-0.05, 0) is 42.2 Å². The summed E-state index contributed by atoms with van der Waals surface area (Å²) in [7, 11) is 0. The molecule has 0 saturated heterocycles. The maximum atomic E-state index is 11.3. The number of hydrogen-bond donors (Lipinski definition) is 1. The SMILES string of the molecule is O=C(O)C(C1CC1)N1CCc2sccc2C1. The third-order valence-corrected chi connectivity index (χ3v) is 4.58. The van der Waals surface area contributed by atoms with E-state index in [9.17, 15) is 9.90 Å². The van der Waals surface area contributed by atoms with E-state index in [4.69, 9.17) is 0 Å². The van der Waals surface area contributed by atoms with E-state index in [1.165, 1.54) is 10.4 Å². The van der Waals surface area contributed by atoms with Crippen molar-refractivity contribution in [1.29, 1.82) is 0 Å². The molecule has 1 aromatic rings. The van der Waals surface area contributed by atoms with Crippen molar-refractivity contribution in [3.05, 3.63) is 21.9 Å². The lowest BCUT2D eigenvalue weighted by Crippen LogP contribution is -2.45. The number of rotatable bonds is 3. The Bertz CT molecular complexity index is 411. The normalized spacial score (nSPS) is 22.8. The molecule has 4 heteroatoms. The number of fused-ring (bicyclic) bond motifs is 1. The Balaban J connectivity index is 1.78. The zero-order chi connectivity index (χ0) is 11.1. The average molecular weight is 237 g/mol. The number of aliphatic carboxylic acids is 1. The third-order valence-electron chi connectivity index (χ3n) is 3.55. The van der Waals surface area contributed by atoms with Crippen LogP contribution in [0.3, 0.4) is 0 Å². The van der Waals surface area contributed by atoms with Crippen molar-refractivity contribution in [3.63, 3.8) is 0 Å². The number of carboxylic acids is 1. The highest BCUT2D eigenvalue weighted by molar-refractivity contribution is 7.10. The van der Waals surface area contributed by atoms with Crippen LogP contribution in [0.1, 0.15) is 23.3 Å². The molecular weight excluding hydrogens is 222 g/mol. The number of carbonyl (C=O) groups is 1. The summed E-state index contributed by atoms with van der Waals surface area (Å²) < 4.78 is 0. The van der Waals surface area contributed by atoms with Crippen LogP contribution in [0.2, 0.25) is 0 Å². The Hall–Kier alpha value is -0.870. The van der Waals surface area contributed by atoms with Crippen LogP contribution in [0.4, 0.5) is 0 Å². The maximum Gasteiger partial charge on any atom is 0.321 e. The minimum atomic E-state index is -0.638. The first-order valence-electron chi connectivity index (χ1n) is 5.78. The molecule has 1 N–H and O–H groups in total. The number of nitrogens with zero attached hydrogens (tertiary/aromatic N) is 1. The topological polar surface area (TPSA) is 40.5 Å². The smallest absolute Gasteiger partial charge is 0.321 e. The van der Waals surface area contributed by atoms with E-state index >= 15 is 0 Å². The van der Waals surface area contributed by atoms with E-state index in [0.29, 0.717) is 5.92 Å². The van der Waals surface area contributed by atoms with Gasteiger partial charge >= 0.3 is 5.97 Å². The van der Waals surface area contributed by atoms with Gasteiger partial charge in [0.15, 0.2) is 0 Å². The molecule has 1 unspecified atom stereocenters. The zero-order valence-corrected chi connectivity index (χ0v) is 9.87. The van der Waals surface area contributed by atoms with Gasteiger partial charge in [0.25, 0.3) is 0 Å². The fourth-order valence-corrected chi connectivity index (χ4v) is 3.47. The second kappa shape index (κ2) is 3.86. The van der Waals surface area contributed by atoms with E-state index < -0.39 is 5.97 Å². The number of hydrogen-bond acceptors (Lipinski definition) is 3. The van der Waals surface area contributed by atoms with Crippen LogP contribution in [0, 0.1) is 5.92 Å². The number of thiophene rings is 1. The van der Waals surface area contributed by atoms with Gasteiger partial charge in [-0.2, -0.15) is 0 Å². The van der Waals surface area contributed by atoms with Crippen LogP contribution in [0.15, 0.2) is 11.4 Å². The predicted octanol–water partition coefficient (Wildman–Crippen LogP) is 1.97. The molecule has 0 spiro atoms. The van der Waals surface area contributed by atoms with Crippen LogP contribution < -0.4 is 0 Å². The average Bonchev–Trinajstić information content (AvgIpc) is 2.96. The van der Waals surface area contributed by atoms with E-state index in [1.807, 2.05) is 0 Å². The fraction of sp³-hybridized carbons (Fsp3) is 0.583. The van der Waals surface area contributed by atoms with Crippen LogP contribution in [0.5, 0.6) is 0 Å². The van der Waals surface area contributed by atoms with Crippen molar-refractivity contribution in [1.82, 2.24) is 4.90 Å². The standard InChI is InChI=1S/C12H15NO2S/c14-12(15)11(8-1-2-8)13-5-3-10-9(7-13)4-6-16-10/h4,6,8,11H,1-3,5,7H2,(H,14,15). The van der Waals surface area contributed by atoms with Gasteiger partial charge in [-0.3, -0.25) is 9.69 Å². The third kappa shape index (κ3) is 1.76. The molecule has 3 nitrogen and oxygen atoms in total. The molecule has 1 saturated carbocycles. The molecule has 1 aliphatic heterocycles. The predicted molar refractivity (Wildman–Crippen MR) is 62.6 cm³/mol. The molecule has 3 rings (SSSR count). The first-order chi connectivity index (χ1) is 7.75. The molecule has 1 fully saturated rings. The Kier molecular flexibility index (Phi) is 2.48. The van der Waals surface area contributed by atoms with Gasteiger partial charge in [0.1, 0.15) is 6.04 Å². The maximum absolute atomic E-state index is 11.3. The second-order valence-corrected chi connectivity index (χ2v) is 5.71. The molecule has 16 heavy (non-hydrogen) atoms. The van der Waals surface area contributed by atoms with Gasteiger partial charge in [-0.25, -0.2) is 0 Å². The van der Waals surface area contributed by atoms with E-state index in [-0.39, 0.29) is 6.04 Å².